The molecule has 0 aliphatic carbocycles. The van der Waals surface area contributed by atoms with Gasteiger partial charge in [-0.25, -0.2) is 13.4 Å². The second-order valence-corrected chi connectivity index (χ2v) is 8.73. The van der Waals surface area contributed by atoms with E-state index in [0.717, 1.165) is 33.1 Å². The number of para-hydroxylation sites is 1. The number of H-pyrrole nitrogens is 1. The number of hydrogen-bond acceptors (Lipinski definition) is 5. The molecule has 5 rings (SSSR count). The van der Waals surface area contributed by atoms with Gasteiger partial charge in [0.15, 0.2) is 5.65 Å². The highest BCUT2D eigenvalue weighted by molar-refractivity contribution is 7.89. The molecule has 7 nitrogen and oxygen atoms in total. The van der Waals surface area contributed by atoms with E-state index in [2.05, 4.69) is 20.2 Å². The molecule has 0 amide bonds. The third-order valence-corrected chi connectivity index (χ3v) is 6.94. The van der Waals surface area contributed by atoms with Crippen LogP contribution in [0.2, 0.25) is 0 Å². The number of hydrogen-bond donors (Lipinski definition) is 1. The number of aromatic amines is 1. The van der Waals surface area contributed by atoms with E-state index in [-0.39, 0.29) is 4.90 Å². The van der Waals surface area contributed by atoms with Crippen molar-refractivity contribution in [1.29, 1.82) is 0 Å². The van der Waals surface area contributed by atoms with Crippen molar-refractivity contribution < 1.29 is 8.42 Å². The monoisotopic (exact) mass is 379 g/mol. The molecular weight excluding hydrogens is 362 g/mol. The molecule has 0 atom stereocenters. The van der Waals surface area contributed by atoms with Gasteiger partial charge in [0.05, 0.1) is 11.7 Å². The second-order valence-electron chi connectivity index (χ2n) is 6.82. The third-order valence-electron chi connectivity index (χ3n) is 5.07. The van der Waals surface area contributed by atoms with E-state index in [1.54, 1.807) is 30.7 Å². The van der Waals surface area contributed by atoms with E-state index >= 15 is 0 Å². The first-order valence-corrected chi connectivity index (χ1v) is 10.1. The molecule has 0 spiro atoms. The van der Waals surface area contributed by atoms with Gasteiger partial charge in [-0.15, -0.1) is 0 Å². The zero-order valence-electron chi connectivity index (χ0n) is 14.7. The lowest BCUT2D eigenvalue weighted by atomic mass is 10.0. The van der Waals surface area contributed by atoms with Crippen LogP contribution in [0.5, 0.6) is 0 Å². The summed E-state index contributed by atoms with van der Waals surface area (Å²) in [6, 6.07) is 7.24. The fourth-order valence-corrected chi connectivity index (χ4v) is 5.31. The van der Waals surface area contributed by atoms with Gasteiger partial charge in [0.25, 0.3) is 0 Å². The predicted octanol–water partition coefficient (Wildman–Crippen LogP) is 2.56. The number of aryl methyl sites for hydroxylation is 1. The van der Waals surface area contributed by atoms with Crippen LogP contribution in [0.25, 0.3) is 21.9 Å². The first-order chi connectivity index (χ1) is 13.0. The lowest BCUT2D eigenvalue weighted by molar-refractivity contribution is 0.392. The molecule has 4 heterocycles. The van der Waals surface area contributed by atoms with Crippen LogP contribution in [-0.4, -0.2) is 39.4 Å². The summed E-state index contributed by atoms with van der Waals surface area (Å²) in [5, 5.41) is 8.69. The van der Waals surface area contributed by atoms with Gasteiger partial charge in [-0.1, -0.05) is 12.1 Å². The number of rotatable bonds is 2. The second kappa shape index (κ2) is 5.83. The lowest BCUT2D eigenvalue weighted by Gasteiger charge is -2.28. The van der Waals surface area contributed by atoms with Crippen molar-refractivity contribution in [1.82, 2.24) is 24.5 Å². The zero-order valence-corrected chi connectivity index (χ0v) is 15.5. The first kappa shape index (κ1) is 16.3. The number of pyridine rings is 2. The molecule has 0 bridgehead atoms. The van der Waals surface area contributed by atoms with Gasteiger partial charge in [-0.3, -0.25) is 10.1 Å². The van der Waals surface area contributed by atoms with Gasteiger partial charge in [0.2, 0.25) is 10.0 Å². The first-order valence-electron chi connectivity index (χ1n) is 8.69. The summed E-state index contributed by atoms with van der Waals surface area (Å²) in [7, 11) is -3.66. The minimum Gasteiger partial charge on any atom is -0.261 e. The maximum Gasteiger partial charge on any atom is 0.245 e. The molecule has 0 unspecified atom stereocenters. The quantitative estimate of drug-likeness (QED) is 0.578. The molecule has 1 aliphatic heterocycles. The van der Waals surface area contributed by atoms with E-state index < -0.39 is 10.0 Å². The summed E-state index contributed by atoms with van der Waals surface area (Å²) >= 11 is 0. The molecule has 1 N–H and O–H groups in total. The molecule has 8 heteroatoms. The minimum absolute atomic E-state index is 0.251. The van der Waals surface area contributed by atoms with Crippen molar-refractivity contribution in [2.45, 2.75) is 24.8 Å². The average molecular weight is 379 g/mol. The molecule has 0 fully saturated rings. The molecule has 0 radical (unpaired) electrons. The standard InChI is InChI=1S/C19H17N5O2S/c1-12-7-13-3-2-4-17(18(13)20-8-12)27(25,26)24-6-5-15-14(11-24)9-21-19-16(15)10-22-23-19/h2-4,7-10H,5-6,11H2,1H3,(H,21,22,23). The Labute approximate surface area is 156 Å². The van der Waals surface area contributed by atoms with Crippen LogP contribution in [-0.2, 0) is 23.0 Å². The molecule has 136 valence electrons. The van der Waals surface area contributed by atoms with Crippen molar-refractivity contribution >= 4 is 32.0 Å². The highest BCUT2D eigenvalue weighted by Crippen LogP contribution is 2.30. The average Bonchev–Trinajstić information content (AvgIpc) is 3.16. The van der Waals surface area contributed by atoms with Crippen molar-refractivity contribution in [2.24, 2.45) is 0 Å². The molecule has 27 heavy (non-hydrogen) atoms. The van der Waals surface area contributed by atoms with Crippen molar-refractivity contribution in [3.05, 3.63) is 59.5 Å². The fourth-order valence-electron chi connectivity index (χ4n) is 3.72. The third kappa shape index (κ3) is 2.52. The normalized spacial score (nSPS) is 15.3. The van der Waals surface area contributed by atoms with Crippen LogP contribution in [0.15, 0.2) is 47.8 Å². The summed E-state index contributed by atoms with van der Waals surface area (Å²) in [5.41, 5.74) is 4.28. The van der Waals surface area contributed by atoms with E-state index in [1.807, 2.05) is 19.1 Å². The van der Waals surface area contributed by atoms with Crippen LogP contribution in [0.1, 0.15) is 16.7 Å². The Balaban J connectivity index is 1.59. The van der Waals surface area contributed by atoms with Gasteiger partial charge in [-0.05, 0) is 42.2 Å². The summed E-state index contributed by atoms with van der Waals surface area (Å²) in [6.07, 6.45) is 5.82. The Bertz CT molecular complexity index is 1300. The highest BCUT2D eigenvalue weighted by Gasteiger charge is 2.31. The van der Waals surface area contributed by atoms with E-state index in [4.69, 9.17) is 0 Å². The van der Waals surface area contributed by atoms with Gasteiger partial charge in [0, 0.05) is 36.3 Å². The topological polar surface area (TPSA) is 91.8 Å². The van der Waals surface area contributed by atoms with Crippen LogP contribution >= 0.6 is 0 Å². The van der Waals surface area contributed by atoms with Gasteiger partial charge < -0.3 is 0 Å². The van der Waals surface area contributed by atoms with Gasteiger partial charge >= 0.3 is 0 Å². The van der Waals surface area contributed by atoms with Crippen LogP contribution in [0, 0.1) is 6.92 Å². The number of fused-ring (bicyclic) bond motifs is 4. The number of nitrogens with one attached hydrogen (secondary N) is 1. The minimum atomic E-state index is -3.66. The van der Waals surface area contributed by atoms with E-state index in [9.17, 15) is 8.42 Å². The van der Waals surface area contributed by atoms with Crippen molar-refractivity contribution in [3.63, 3.8) is 0 Å². The van der Waals surface area contributed by atoms with E-state index in [0.29, 0.717) is 25.0 Å². The van der Waals surface area contributed by atoms with E-state index in [1.165, 1.54) is 4.31 Å². The number of benzene rings is 1. The summed E-state index contributed by atoms with van der Waals surface area (Å²) in [5.74, 6) is 0. The fraction of sp³-hybridized carbons (Fsp3) is 0.211. The Kier molecular flexibility index (Phi) is 3.53. The summed E-state index contributed by atoms with van der Waals surface area (Å²) < 4.78 is 28.2. The Morgan fingerprint density at radius 3 is 2.93 bits per heavy atom. The molecular formula is C19H17N5O2S. The summed E-state index contributed by atoms with van der Waals surface area (Å²) in [4.78, 5) is 8.99. The number of aromatic nitrogens is 4. The Hall–Kier alpha value is -2.84. The Morgan fingerprint density at radius 1 is 1.15 bits per heavy atom. The molecule has 0 saturated heterocycles. The number of sulfonamides is 1. The molecule has 1 aromatic carbocycles. The lowest BCUT2D eigenvalue weighted by Crippen LogP contribution is -2.36. The molecule has 3 aromatic heterocycles. The maximum atomic E-state index is 13.4. The van der Waals surface area contributed by atoms with Crippen LogP contribution in [0.4, 0.5) is 0 Å². The SMILES string of the molecule is Cc1cnc2c(S(=O)(=O)N3CCc4c(cnc5[nH]ncc45)C3)cccc2c1. The Morgan fingerprint density at radius 2 is 2.04 bits per heavy atom. The van der Waals surface area contributed by atoms with Crippen LogP contribution < -0.4 is 0 Å². The van der Waals surface area contributed by atoms with Gasteiger partial charge in [0.1, 0.15) is 4.90 Å². The highest BCUT2D eigenvalue weighted by atomic mass is 32.2. The molecule has 4 aromatic rings. The van der Waals surface area contributed by atoms with Crippen molar-refractivity contribution in [2.75, 3.05) is 6.54 Å². The van der Waals surface area contributed by atoms with Crippen LogP contribution in [0.3, 0.4) is 0 Å². The smallest absolute Gasteiger partial charge is 0.245 e. The van der Waals surface area contributed by atoms with Gasteiger partial charge in [-0.2, -0.15) is 9.40 Å². The van der Waals surface area contributed by atoms with Crippen molar-refractivity contribution in [3.8, 4) is 0 Å². The summed E-state index contributed by atoms with van der Waals surface area (Å²) in [6.45, 7) is 2.66. The molecule has 1 aliphatic rings. The number of nitrogens with zero attached hydrogens (tertiary/aromatic N) is 4. The maximum absolute atomic E-state index is 13.4. The zero-order chi connectivity index (χ0) is 18.6. The predicted molar refractivity (Wildman–Crippen MR) is 102 cm³/mol. The molecule has 0 saturated carbocycles. The largest absolute Gasteiger partial charge is 0.261 e.